The van der Waals surface area contributed by atoms with E-state index in [1.807, 2.05) is 6.07 Å². The molecule has 2 aliphatic heterocycles. The molecule has 1 amide bonds. The molecule has 2 aliphatic rings. The summed E-state index contributed by atoms with van der Waals surface area (Å²) >= 11 is 1.68. The summed E-state index contributed by atoms with van der Waals surface area (Å²) in [6.45, 7) is 2.36. The van der Waals surface area contributed by atoms with E-state index in [4.69, 9.17) is 0 Å². The number of carbonyl (C=O) groups excluding carboxylic acids is 1. The molecular formula is C22H23FN4OS. The molecule has 29 heavy (non-hydrogen) atoms. The zero-order valence-electron chi connectivity index (χ0n) is 16.2. The van der Waals surface area contributed by atoms with E-state index >= 15 is 0 Å². The van der Waals surface area contributed by atoms with Crippen LogP contribution in [-0.2, 0) is 11.3 Å². The van der Waals surface area contributed by atoms with Crippen LogP contribution >= 0.6 is 11.3 Å². The van der Waals surface area contributed by atoms with Crippen molar-refractivity contribution < 1.29 is 9.18 Å². The minimum absolute atomic E-state index is 0.109. The van der Waals surface area contributed by atoms with Gasteiger partial charge in [0.25, 0.3) is 0 Å². The summed E-state index contributed by atoms with van der Waals surface area (Å²) < 4.78 is 14.4. The average molecular weight is 411 g/mol. The molecule has 1 aromatic carbocycles. The summed E-state index contributed by atoms with van der Waals surface area (Å²) in [5.74, 6) is 0.980. The van der Waals surface area contributed by atoms with Crippen LogP contribution < -0.4 is 4.90 Å². The monoisotopic (exact) mass is 410 g/mol. The highest BCUT2D eigenvalue weighted by Gasteiger charge is 2.45. The number of fused-ring (bicyclic) bond motifs is 1. The van der Waals surface area contributed by atoms with Crippen LogP contribution in [0.25, 0.3) is 10.2 Å². The molecule has 4 heterocycles. The minimum Gasteiger partial charge on any atom is -0.355 e. The Balaban J connectivity index is 1.38. The molecule has 2 fully saturated rings. The Kier molecular flexibility index (Phi) is 4.70. The van der Waals surface area contributed by atoms with Gasteiger partial charge in [-0.2, -0.15) is 0 Å². The van der Waals surface area contributed by atoms with Crippen molar-refractivity contribution in [3.05, 3.63) is 53.4 Å². The van der Waals surface area contributed by atoms with Crippen molar-refractivity contribution in [2.75, 3.05) is 18.0 Å². The first-order valence-electron chi connectivity index (χ1n) is 10.1. The van der Waals surface area contributed by atoms with E-state index in [9.17, 15) is 9.18 Å². The molecule has 2 saturated heterocycles. The van der Waals surface area contributed by atoms with Gasteiger partial charge in [0.1, 0.15) is 18.0 Å². The fraction of sp³-hybridized carbons (Fsp3) is 0.409. The molecule has 150 valence electrons. The molecule has 1 unspecified atom stereocenters. The van der Waals surface area contributed by atoms with Crippen LogP contribution in [0.15, 0.2) is 42.0 Å². The number of benzene rings is 1. The first-order valence-corrected chi connectivity index (χ1v) is 11.0. The third-order valence-corrected chi connectivity index (χ3v) is 7.27. The molecule has 3 aromatic rings. The topological polar surface area (TPSA) is 49.3 Å². The zero-order valence-corrected chi connectivity index (χ0v) is 17.0. The largest absolute Gasteiger partial charge is 0.355 e. The van der Waals surface area contributed by atoms with Gasteiger partial charge in [-0.05, 0) is 54.8 Å². The number of likely N-dealkylation sites (tertiary alicyclic amines) is 1. The lowest BCUT2D eigenvalue weighted by molar-refractivity contribution is -0.132. The van der Waals surface area contributed by atoms with Crippen LogP contribution in [0.2, 0.25) is 0 Å². The normalized spacial score (nSPS) is 22.6. The Morgan fingerprint density at radius 3 is 2.79 bits per heavy atom. The highest BCUT2D eigenvalue weighted by molar-refractivity contribution is 7.17. The Bertz CT molecular complexity index is 1040. The van der Waals surface area contributed by atoms with E-state index in [1.165, 1.54) is 12.1 Å². The molecule has 1 atom stereocenters. The van der Waals surface area contributed by atoms with Gasteiger partial charge in [0.05, 0.1) is 10.2 Å². The summed E-state index contributed by atoms with van der Waals surface area (Å²) in [7, 11) is 0. The number of halogens is 1. The fourth-order valence-corrected chi connectivity index (χ4v) is 5.68. The number of hydrogen-bond donors (Lipinski definition) is 0. The van der Waals surface area contributed by atoms with Crippen LogP contribution in [-0.4, -0.2) is 39.4 Å². The van der Waals surface area contributed by atoms with E-state index in [-0.39, 0.29) is 17.3 Å². The molecule has 1 spiro atoms. The maximum Gasteiger partial charge on any atom is 0.223 e. The number of hydrogen-bond acceptors (Lipinski definition) is 5. The summed E-state index contributed by atoms with van der Waals surface area (Å²) in [6.07, 6.45) is 6.09. The fourth-order valence-electron chi connectivity index (χ4n) is 4.81. The molecule has 7 heteroatoms. The van der Waals surface area contributed by atoms with Gasteiger partial charge < -0.3 is 9.80 Å². The molecule has 5 rings (SSSR count). The van der Waals surface area contributed by atoms with Crippen LogP contribution in [0.3, 0.4) is 0 Å². The van der Waals surface area contributed by atoms with Crippen LogP contribution in [0, 0.1) is 5.82 Å². The van der Waals surface area contributed by atoms with Gasteiger partial charge in [-0.25, -0.2) is 14.4 Å². The van der Waals surface area contributed by atoms with Crippen molar-refractivity contribution in [1.82, 2.24) is 14.9 Å². The SMILES string of the molecule is O=C1CCC2(CCCN(c3ncnc4ccsc34)CC2)N1Cc1ccc(F)cc1. The first-order chi connectivity index (χ1) is 14.1. The number of anilines is 1. The van der Waals surface area contributed by atoms with Crippen molar-refractivity contribution in [2.24, 2.45) is 0 Å². The summed E-state index contributed by atoms with van der Waals surface area (Å²) in [5, 5.41) is 2.06. The van der Waals surface area contributed by atoms with E-state index < -0.39 is 0 Å². The number of rotatable bonds is 3. The third kappa shape index (κ3) is 3.37. The van der Waals surface area contributed by atoms with Gasteiger partial charge in [-0.1, -0.05) is 12.1 Å². The van der Waals surface area contributed by atoms with Crippen LogP contribution in [0.4, 0.5) is 10.2 Å². The van der Waals surface area contributed by atoms with Gasteiger partial charge in [0, 0.05) is 31.6 Å². The van der Waals surface area contributed by atoms with Crippen molar-refractivity contribution in [2.45, 2.75) is 44.2 Å². The average Bonchev–Trinajstić information content (AvgIpc) is 3.25. The predicted octanol–water partition coefficient (Wildman–Crippen LogP) is 4.38. The molecule has 0 bridgehead atoms. The van der Waals surface area contributed by atoms with Crippen LogP contribution in [0.5, 0.6) is 0 Å². The third-order valence-electron chi connectivity index (χ3n) is 6.37. The predicted molar refractivity (Wildman–Crippen MR) is 112 cm³/mol. The van der Waals surface area contributed by atoms with Crippen molar-refractivity contribution in [3.63, 3.8) is 0 Å². The number of aromatic nitrogens is 2. The molecule has 0 aliphatic carbocycles. The number of carbonyl (C=O) groups is 1. The molecule has 0 radical (unpaired) electrons. The second-order valence-electron chi connectivity index (χ2n) is 8.00. The highest BCUT2D eigenvalue weighted by Crippen LogP contribution is 2.41. The minimum atomic E-state index is -0.244. The second kappa shape index (κ2) is 7.37. The van der Waals surface area contributed by atoms with E-state index in [2.05, 4.69) is 25.1 Å². The Hall–Kier alpha value is -2.54. The number of amides is 1. The van der Waals surface area contributed by atoms with Gasteiger partial charge in [0.15, 0.2) is 0 Å². The van der Waals surface area contributed by atoms with Gasteiger partial charge in [0.2, 0.25) is 5.91 Å². The molecule has 5 nitrogen and oxygen atoms in total. The second-order valence-corrected chi connectivity index (χ2v) is 8.92. The van der Waals surface area contributed by atoms with Crippen LogP contribution in [0.1, 0.15) is 37.7 Å². The highest BCUT2D eigenvalue weighted by atomic mass is 32.1. The maximum atomic E-state index is 13.3. The molecule has 2 aromatic heterocycles. The lowest BCUT2D eigenvalue weighted by Crippen LogP contribution is -2.46. The Labute approximate surface area is 173 Å². The van der Waals surface area contributed by atoms with E-state index in [1.54, 1.807) is 29.8 Å². The lowest BCUT2D eigenvalue weighted by atomic mass is 9.87. The molecular weight excluding hydrogens is 387 g/mol. The Morgan fingerprint density at radius 2 is 1.93 bits per heavy atom. The van der Waals surface area contributed by atoms with Gasteiger partial charge >= 0.3 is 0 Å². The van der Waals surface area contributed by atoms with E-state index in [0.717, 1.165) is 60.4 Å². The summed E-state index contributed by atoms with van der Waals surface area (Å²) in [4.78, 5) is 26.1. The van der Waals surface area contributed by atoms with E-state index in [0.29, 0.717) is 13.0 Å². The summed E-state index contributed by atoms with van der Waals surface area (Å²) in [5.41, 5.74) is 1.87. The van der Waals surface area contributed by atoms with Crippen molar-refractivity contribution in [1.29, 1.82) is 0 Å². The maximum absolute atomic E-state index is 13.3. The molecule has 0 N–H and O–H groups in total. The van der Waals surface area contributed by atoms with Gasteiger partial charge in [-0.15, -0.1) is 11.3 Å². The standard InChI is InChI=1S/C22H23FN4OS/c23-17-4-2-16(3-5-17)14-27-19(28)6-9-22(27)8-1-11-26(12-10-22)21-20-18(7-13-29-20)24-15-25-21/h2-5,7,13,15H,1,6,8-12,14H2. The summed E-state index contributed by atoms with van der Waals surface area (Å²) in [6, 6.07) is 8.54. The Morgan fingerprint density at radius 1 is 1.07 bits per heavy atom. The zero-order chi connectivity index (χ0) is 19.8. The number of thiophene rings is 1. The van der Waals surface area contributed by atoms with Gasteiger partial charge in [-0.3, -0.25) is 4.79 Å². The quantitative estimate of drug-likeness (QED) is 0.643. The lowest BCUT2D eigenvalue weighted by Gasteiger charge is -2.38. The number of nitrogens with zero attached hydrogens (tertiary/aromatic N) is 4. The first kappa shape index (κ1) is 18.5. The molecule has 0 saturated carbocycles. The van der Waals surface area contributed by atoms with Crippen molar-refractivity contribution >= 4 is 33.3 Å². The smallest absolute Gasteiger partial charge is 0.223 e. The van der Waals surface area contributed by atoms with Crippen molar-refractivity contribution in [3.8, 4) is 0 Å².